The third kappa shape index (κ3) is 3.12. The molecule has 0 bridgehead atoms. The topological polar surface area (TPSA) is 53.1 Å². The number of aryl methyl sites for hydroxylation is 1. The zero-order valence-corrected chi connectivity index (χ0v) is 8.94. The Morgan fingerprint density at radius 3 is 3.00 bits per heavy atom. The molecule has 0 radical (unpaired) electrons. The molecule has 14 heavy (non-hydrogen) atoms. The number of nitrogens with zero attached hydrogens (tertiary/aromatic N) is 2. The number of hydrogen-bond acceptors (Lipinski definition) is 3. The Balaban J connectivity index is 2.28. The van der Waals surface area contributed by atoms with Gasteiger partial charge in [0.25, 0.3) is 0 Å². The summed E-state index contributed by atoms with van der Waals surface area (Å²) in [5, 5.41) is 4.09. The number of aromatic nitrogens is 2. The summed E-state index contributed by atoms with van der Waals surface area (Å²) in [6.45, 7) is 3.57. The first-order valence-corrected chi connectivity index (χ1v) is 5.07. The molecule has 4 nitrogen and oxygen atoms in total. The number of ether oxygens (including phenoxy) is 1. The van der Waals surface area contributed by atoms with E-state index in [9.17, 15) is 0 Å². The molecule has 1 atom stereocenters. The van der Waals surface area contributed by atoms with Crippen molar-refractivity contribution in [3.63, 3.8) is 0 Å². The van der Waals surface area contributed by atoms with Crippen LogP contribution in [0, 0.1) is 0 Å². The second kappa shape index (κ2) is 5.78. The Kier molecular flexibility index (Phi) is 4.62. The first-order chi connectivity index (χ1) is 6.75. The van der Waals surface area contributed by atoms with Gasteiger partial charge in [0, 0.05) is 32.5 Å². The minimum Gasteiger partial charge on any atom is -0.382 e. The molecule has 1 aromatic heterocycles. The molecule has 0 spiro atoms. The molecule has 0 aliphatic rings. The summed E-state index contributed by atoms with van der Waals surface area (Å²) >= 11 is 0. The van der Waals surface area contributed by atoms with E-state index in [1.165, 1.54) is 0 Å². The van der Waals surface area contributed by atoms with Crippen molar-refractivity contribution in [1.82, 2.24) is 9.78 Å². The van der Waals surface area contributed by atoms with Crippen LogP contribution in [0.15, 0.2) is 12.3 Å². The molecule has 1 aromatic rings. The first kappa shape index (κ1) is 11.2. The summed E-state index contributed by atoms with van der Waals surface area (Å²) in [6, 6.07) is 2.04. The minimum absolute atomic E-state index is 0.0722. The van der Waals surface area contributed by atoms with E-state index in [1.54, 1.807) is 6.20 Å². The van der Waals surface area contributed by atoms with E-state index < -0.39 is 0 Å². The van der Waals surface area contributed by atoms with Crippen LogP contribution in [0.4, 0.5) is 0 Å². The molecule has 1 heterocycles. The molecule has 1 unspecified atom stereocenters. The SMILES string of the molecule is CCOCCCC(N)c1ccnn1C. The average molecular weight is 197 g/mol. The van der Waals surface area contributed by atoms with Gasteiger partial charge in [0.2, 0.25) is 0 Å². The van der Waals surface area contributed by atoms with Crippen LogP contribution in [0.1, 0.15) is 31.5 Å². The second-order valence-corrected chi connectivity index (χ2v) is 3.33. The lowest BCUT2D eigenvalue weighted by Crippen LogP contribution is -2.15. The maximum absolute atomic E-state index is 6.01. The Hall–Kier alpha value is -0.870. The molecule has 0 amide bonds. The molecule has 0 saturated heterocycles. The maximum Gasteiger partial charge on any atom is 0.0548 e. The molecule has 0 aliphatic carbocycles. The predicted octanol–water partition coefficient (Wildman–Crippen LogP) is 1.24. The van der Waals surface area contributed by atoms with Crippen LogP contribution < -0.4 is 5.73 Å². The van der Waals surface area contributed by atoms with Crippen LogP contribution in [0.2, 0.25) is 0 Å². The molecule has 2 N–H and O–H groups in total. The van der Waals surface area contributed by atoms with Crippen molar-refractivity contribution in [2.45, 2.75) is 25.8 Å². The van der Waals surface area contributed by atoms with E-state index >= 15 is 0 Å². The molecular formula is C10H19N3O. The number of rotatable bonds is 6. The fourth-order valence-corrected chi connectivity index (χ4v) is 1.45. The van der Waals surface area contributed by atoms with Crippen LogP contribution in [0.25, 0.3) is 0 Å². The van der Waals surface area contributed by atoms with Gasteiger partial charge in [-0.1, -0.05) is 0 Å². The van der Waals surface area contributed by atoms with Crippen molar-refractivity contribution in [1.29, 1.82) is 0 Å². The standard InChI is InChI=1S/C10H19N3O/c1-3-14-8-4-5-9(11)10-6-7-12-13(10)2/h6-7,9H,3-5,8,11H2,1-2H3. The van der Waals surface area contributed by atoms with Gasteiger partial charge in [0.1, 0.15) is 0 Å². The van der Waals surface area contributed by atoms with Gasteiger partial charge >= 0.3 is 0 Å². The van der Waals surface area contributed by atoms with Crippen LogP contribution >= 0.6 is 0 Å². The molecule has 0 aromatic carbocycles. The van der Waals surface area contributed by atoms with Gasteiger partial charge in [0.15, 0.2) is 0 Å². The smallest absolute Gasteiger partial charge is 0.0548 e. The van der Waals surface area contributed by atoms with Gasteiger partial charge in [-0.15, -0.1) is 0 Å². The van der Waals surface area contributed by atoms with Gasteiger partial charge in [0.05, 0.1) is 5.69 Å². The largest absolute Gasteiger partial charge is 0.382 e. The van der Waals surface area contributed by atoms with Crippen molar-refractivity contribution in [2.24, 2.45) is 12.8 Å². The Morgan fingerprint density at radius 2 is 2.43 bits per heavy atom. The zero-order valence-electron chi connectivity index (χ0n) is 8.94. The van der Waals surface area contributed by atoms with E-state index in [-0.39, 0.29) is 6.04 Å². The minimum atomic E-state index is 0.0722. The van der Waals surface area contributed by atoms with E-state index in [0.29, 0.717) is 0 Å². The van der Waals surface area contributed by atoms with Crippen molar-refractivity contribution in [3.05, 3.63) is 18.0 Å². The lowest BCUT2D eigenvalue weighted by atomic mass is 10.1. The average Bonchev–Trinajstić information content (AvgIpc) is 2.59. The molecule has 0 aliphatic heterocycles. The monoisotopic (exact) mass is 197 g/mol. The highest BCUT2D eigenvalue weighted by molar-refractivity contribution is 5.05. The van der Waals surface area contributed by atoms with Crippen LogP contribution in [0.5, 0.6) is 0 Å². The van der Waals surface area contributed by atoms with E-state index in [0.717, 1.165) is 31.7 Å². The summed E-state index contributed by atoms with van der Waals surface area (Å²) < 4.78 is 7.08. The maximum atomic E-state index is 6.01. The van der Waals surface area contributed by atoms with E-state index in [4.69, 9.17) is 10.5 Å². The summed E-state index contributed by atoms with van der Waals surface area (Å²) in [7, 11) is 1.91. The number of nitrogens with two attached hydrogens (primary N) is 1. The van der Waals surface area contributed by atoms with Gasteiger partial charge in [-0.25, -0.2) is 0 Å². The van der Waals surface area contributed by atoms with Crippen LogP contribution in [-0.4, -0.2) is 23.0 Å². The van der Waals surface area contributed by atoms with Crippen molar-refractivity contribution < 1.29 is 4.74 Å². The van der Waals surface area contributed by atoms with E-state index in [2.05, 4.69) is 5.10 Å². The highest BCUT2D eigenvalue weighted by Gasteiger charge is 2.08. The first-order valence-electron chi connectivity index (χ1n) is 5.07. The van der Waals surface area contributed by atoms with Gasteiger partial charge < -0.3 is 10.5 Å². The predicted molar refractivity (Wildman–Crippen MR) is 55.9 cm³/mol. The van der Waals surface area contributed by atoms with Crippen molar-refractivity contribution >= 4 is 0 Å². The quantitative estimate of drug-likeness (QED) is 0.698. The molecule has 1 rings (SSSR count). The fourth-order valence-electron chi connectivity index (χ4n) is 1.45. The molecule has 0 fully saturated rings. The van der Waals surface area contributed by atoms with Gasteiger partial charge in [-0.2, -0.15) is 5.10 Å². The van der Waals surface area contributed by atoms with Crippen molar-refractivity contribution in [2.75, 3.05) is 13.2 Å². The Labute approximate surface area is 85.0 Å². The molecule has 0 saturated carbocycles. The molecular weight excluding hydrogens is 178 g/mol. The lowest BCUT2D eigenvalue weighted by Gasteiger charge is -2.11. The molecule has 4 heteroatoms. The normalized spacial score (nSPS) is 13.1. The Bertz CT molecular complexity index is 260. The highest BCUT2D eigenvalue weighted by Crippen LogP contribution is 2.13. The third-order valence-corrected chi connectivity index (χ3v) is 2.25. The van der Waals surface area contributed by atoms with Gasteiger partial charge in [-0.05, 0) is 25.8 Å². The fraction of sp³-hybridized carbons (Fsp3) is 0.700. The second-order valence-electron chi connectivity index (χ2n) is 3.33. The van der Waals surface area contributed by atoms with Crippen molar-refractivity contribution in [3.8, 4) is 0 Å². The zero-order chi connectivity index (χ0) is 10.4. The highest BCUT2D eigenvalue weighted by atomic mass is 16.5. The van der Waals surface area contributed by atoms with Crippen LogP contribution in [0.3, 0.4) is 0 Å². The van der Waals surface area contributed by atoms with E-state index in [1.807, 2.05) is 24.7 Å². The summed E-state index contributed by atoms with van der Waals surface area (Å²) in [4.78, 5) is 0. The van der Waals surface area contributed by atoms with Crippen LogP contribution in [-0.2, 0) is 11.8 Å². The third-order valence-electron chi connectivity index (χ3n) is 2.25. The summed E-state index contributed by atoms with van der Waals surface area (Å²) in [5.41, 5.74) is 7.09. The number of hydrogen-bond donors (Lipinski definition) is 1. The van der Waals surface area contributed by atoms with Gasteiger partial charge in [-0.3, -0.25) is 4.68 Å². The Morgan fingerprint density at radius 1 is 1.64 bits per heavy atom. The summed E-state index contributed by atoms with van der Waals surface area (Å²) in [6.07, 6.45) is 3.72. The summed E-state index contributed by atoms with van der Waals surface area (Å²) in [5.74, 6) is 0. The lowest BCUT2D eigenvalue weighted by molar-refractivity contribution is 0.141. The molecule has 80 valence electrons.